The number of rotatable bonds is 3. The molecular weight excluding hydrogens is 254 g/mol. The molecule has 106 valence electrons. The number of carbonyl (C=O) groups is 1. The molecule has 0 spiro atoms. The second kappa shape index (κ2) is 5.53. The Bertz CT molecular complexity index is 574. The van der Waals surface area contributed by atoms with Crippen molar-refractivity contribution in [2.75, 3.05) is 13.1 Å². The maximum Gasteiger partial charge on any atom is 0.289 e. The lowest BCUT2D eigenvalue weighted by molar-refractivity contribution is 0.0648. The molecule has 0 N–H and O–H groups in total. The van der Waals surface area contributed by atoms with Crippen LogP contribution in [0.15, 0.2) is 35.0 Å². The molecule has 0 radical (unpaired) electrons. The van der Waals surface area contributed by atoms with Crippen LogP contribution in [0.2, 0.25) is 0 Å². The van der Waals surface area contributed by atoms with Crippen molar-refractivity contribution >= 4 is 5.91 Å². The molecule has 0 aromatic carbocycles. The van der Waals surface area contributed by atoms with Gasteiger partial charge in [-0.15, -0.1) is 0 Å². The van der Waals surface area contributed by atoms with Gasteiger partial charge in [-0.25, -0.2) is 0 Å². The van der Waals surface area contributed by atoms with Crippen molar-refractivity contribution in [2.24, 2.45) is 5.92 Å². The lowest BCUT2D eigenvalue weighted by Gasteiger charge is -2.30. The normalized spacial score (nSPS) is 19.2. The van der Waals surface area contributed by atoms with Gasteiger partial charge in [-0.2, -0.15) is 5.10 Å². The first-order chi connectivity index (χ1) is 9.72. The fourth-order valence-electron chi connectivity index (χ4n) is 2.66. The van der Waals surface area contributed by atoms with Crippen LogP contribution in [0.5, 0.6) is 0 Å². The van der Waals surface area contributed by atoms with Crippen LogP contribution in [0, 0.1) is 5.92 Å². The van der Waals surface area contributed by atoms with Crippen molar-refractivity contribution in [1.82, 2.24) is 14.7 Å². The predicted octanol–water partition coefficient (Wildman–Crippen LogP) is 2.40. The van der Waals surface area contributed by atoms with Gasteiger partial charge in [-0.05, 0) is 37.0 Å². The summed E-state index contributed by atoms with van der Waals surface area (Å²) in [6.07, 6.45) is 5.88. The molecule has 5 nitrogen and oxygen atoms in total. The van der Waals surface area contributed by atoms with Crippen LogP contribution in [0.3, 0.4) is 0 Å². The molecule has 0 saturated carbocycles. The first kappa shape index (κ1) is 13.0. The smallest absolute Gasteiger partial charge is 0.289 e. The maximum atomic E-state index is 12.4. The van der Waals surface area contributed by atoms with Crippen LogP contribution in [0.4, 0.5) is 0 Å². The number of carbonyl (C=O) groups excluding carboxylic acids is 1. The average molecular weight is 273 g/mol. The summed E-state index contributed by atoms with van der Waals surface area (Å²) in [6, 6.07) is 5.48. The summed E-state index contributed by atoms with van der Waals surface area (Å²) < 4.78 is 7.43. The first-order valence-electron chi connectivity index (χ1n) is 7.08. The van der Waals surface area contributed by atoms with Crippen LogP contribution in [-0.4, -0.2) is 33.7 Å². The van der Waals surface area contributed by atoms with Crippen molar-refractivity contribution in [1.29, 1.82) is 0 Å². The summed E-state index contributed by atoms with van der Waals surface area (Å²) in [6.45, 7) is 4.40. The van der Waals surface area contributed by atoms with E-state index in [9.17, 15) is 4.79 Å². The van der Waals surface area contributed by atoms with Gasteiger partial charge < -0.3 is 9.32 Å². The van der Waals surface area contributed by atoms with E-state index in [4.69, 9.17) is 4.42 Å². The van der Waals surface area contributed by atoms with Crippen molar-refractivity contribution in [2.45, 2.75) is 26.3 Å². The van der Waals surface area contributed by atoms with Gasteiger partial charge in [-0.1, -0.05) is 6.92 Å². The van der Waals surface area contributed by atoms with Crippen molar-refractivity contribution in [3.63, 3.8) is 0 Å². The Labute approximate surface area is 118 Å². The molecule has 1 atom stereocenters. The Morgan fingerprint density at radius 1 is 1.50 bits per heavy atom. The molecule has 5 heteroatoms. The average Bonchev–Trinajstić information content (AvgIpc) is 3.10. The topological polar surface area (TPSA) is 51.3 Å². The summed E-state index contributed by atoms with van der Waals surface area (Å²) in [5, 5.41) is 4.13. The molecule has 0 aliphatic carbocycles. The molecule has 1 aliphatic rings. The highest BCUT2D eigenvalue weighted by atomic mass is 16.4. The molecule has 1 saturated heterocycles. The highest BCUT2D eigenvalue weighted by molar-refractivity contribution is 5.91. The van der Waals surface area contributed by atoms with E-state index >= 15 is 0 Å². The fourth-order valence-corrected chi connectivity index (χ4v) is 2.66. The molecule has 1 unspecified atom stereocenters. The Balaban J connectivity index is 1.68. The number of hydrogen-bond donors (Lipinski definition) is 0. The minimum atomic E-state index is 0.00302. The van der Waals surface area contributed by atoms with Gasteiger partial charge in [0.05, 0.1) is 6.54 Å². The van der Waals surface area contributed by atoms with Crippen molar-refractivity contribution in [3.05, 3.63) is 42.1 Å². The van der Waals surface area contributed by atoms with E-state index in [-0.39, 0.29) is 5.91 Å². The lowest BCUT2D eigenvalue weighted by Crippen LogP contribution is -2.38. The van der Waals surface area contributed by atoms with Crippen LogP contribution in [0.1, 0.15) is 36.1 Å². The number of nitrogens with zero attached hydrogens (tertiary/aromatic N) is 3. The summed E-state index contributed by atoms with van der Waals surface area (Å²) in [7, 11) is 0. The van der Waals surface area contributed by atoms with Gasteiger partial charge in [0.15, 0.2) is 5.76 Å². The van der Waals surface area contributed by atoms with E-state index in [0.717, 1.165) is 25.3 Å². The molecule has 3 heterocycles. The lowest BCUT2D eigenvalue weighted by atomic mass is 10.0. The van der Waals surface area contributed by atoms with Crippen LogP contribution in [-0.2, 0) is 6.54 Å². The number of aromatic nitrogens is 2. The molecule has 3 rings (SSSR count). The highest BCUT2D eigenvalue weighted by Gasteiger charge is 2.24. The summed E-state index contributed by atoms with van der Waals surface area (Å²) in [5.74, 6) is 1.76. The number of amides is 1. The van der Waals surface area contributed by atoms with E-state index < -0.39 is 0 Å². The minimum absolute atomic E-state index is 0.00302. The Kier molecular flexibility index (Phi) is 3.58. The molecule has 0 bridgehead atoms. The van der Waals surface area contributed by atoms with E-state index in [1.807, 2.05) is 23.2 Å². The summed E-state index contributed by atoms with van der Waals surface area (Å²) in [5.41, 5.74) is 0. The minimum Gasteiger partial charge on any atom is -0.454 e. The zero-order valence-corrected chi connectivity index (χ0v) is 11.7. The molecule has 1 aliphatic heterocycles. The van der Waals surface area contributed by atoms with Crippen molar-refractivity contribution < 1.29 is 9.21 Å². The fraction of sp³-hybridized carbons (Fsp3) is 0.467. The van der Waals surface area contributed by atoms with Gasteiger partial charge >= 0.3 is 0 Å². The molecule has 2 aromatic heterocycles. The second-order valence-electron chi connectivity index (χ2n) is 5.47. The SMILES string of the molecule is CC1CCCN(C(=O)c2ccc(Cn3cccn3)o2)C1. The highest BCUT2D eigenvalue weighted by Crippen LogP contribution is 2.19. The van der Waals surface area contributed by atoms with E-state index in [2.05, 4.69) is 12.0 Å². The molecular formula is C15H19N3O2. The Morgan fingerprint density at radius 2 is 2.40 bits per heavy atom. The number of furan rings is 1. The van der Waals surface area contributed by atoms with Crippen LogP contribution < -0.4 is 0 Å². The Morgan fingerprint density at radius 3 is 3.15 bits per heavy atom. The van der Waals surface area contributed by atoms with Crippen LogP contribution >= 0.6 is 0 Å². The zero-order valence-electron chi connectivity index (χ0n) is 11.7. The second-order valence-corrected chi connectivity index (χ2v) is 5.47. The van der Waals surface area contributed by atoms with E-state index in [0.29, 0.717) is 18.2 Å². The van der Waals surface area contributed by atoms with Crippen LogP contribution in [0.25, 0.3) is 0 Å². The van der Waals surface area contributed by atoms with E-state index in [1.165, 1.54) is 6.42 Å². The largest absolute Gasteiger partial charge is 0.454 e. The standard InChI is InChI=1S/C15H19N3O2/c1-12-4-2-8-17(10-12)15(19)14-6-5-13(20-14)11-18-9-3-7-16-18/h3,5-7,9,12H,2,4,8,10-11H2,1H3. The van der Waals surface area contributed by atoms with Gasteiger partial charge in [0.2, 0.25) is 0 Å². The summed E-state index contributed by atoms with van der Waals surface area (Å²) >= 11 is 0. The Hall–Kier alpha value is -2.04. The van der Waals surface area contributed by atoms with Gasteiger partial charge in [0.1, 0.15) is 5.76 Å². The van der Waals surface area contributed by atoms with Crippen molar-refractivity contribution in [3.8, 4) is 0 Å². The van der Waals surface area contributed by atoms with Gasteiger partial charge in [-0.3, -0.25) is 9.48 Å². The number of likely N-dealkylation sites (tertiary alicyclic amines) is 1. The third-order valence-electron chi connectivity index (χ3n) is 3.69. The number of piperidine rings is 1. The molecule has 1 amide bonds. The quantitative estimate of drug-likeness (QED) is 0.863. The molecule has 1 fully saturated rings. The van der Waals surface area contributed by atoms with E-state index in [1.54, 1.807) is 16.9 Å². The summed E-state index contributed by atoms with van der Waals surface area (Å²) in [4.78, 5) is 14.3. The first-order valence-corrected chi connectivity index (χ1v) is 7.08. The third-order valence-corrected chi connectivity index (χ3v) is 3.69. The van der Waals surface area contributed by atoms with Gasteiger partial charge in [0.25, 0.3) is 5.91 Å². The zero-order chi connectivity index (χ0) is 13.9. The monoisotopic (exact) mass is 273 g/mol. The predicted molar refractivity (Wildman–Crippen MR) is 74.3 cm³/mol. The molecule has 20 heavy (non-hydrogen) atoms. The number of hydrogen-bond acceptors (Lipinski definition) is 3. The van der Waals surface area contributed by atoms with Gasteiger partial charge in [0, 0.05) is 25.5 Å². The third kappa shape index (κ3) is 2.76. The molecule has 2 aromatic rings. The maximum absolute atomic E-state index is 12.4.